The Bertz CT molecular complexity index is 157. The van der Waals surface area contributed by atoms with Crippen molar-refractivity contribution in [1.29, 1.82) is 0 Å². The Balaban J connectivity index is 2.90. The first kappa shape index (κ1) is 6.05. The average Bonchev–Trinajstić information content (AvgIpc) is 2.12. The lowest BCUT2D eigenvalue weighted by molar-refractivity contribution is 1.82. The van der Waals surface area contributed by atoms with E-state index in [1.807, 2.05) is 24.3 Å². The Labute approximate surface area is 59.8 Å². The van der Waals surface area contributed by atoms with Crippen LogP contribution < -0.4 is 0 Å². The van der Waals surface area contributed by atoms with E-state index in [1.165, 1.54) is 0 Å². The van der Waals surface area contributed by atoms with Crippen molar-refractivity contribution in [1.82, 2.24) is 0 Å². The minimum Gasteiger partial charge on any atom is -0.136 e. The second kappa shape index (κ2) is 2.46. The van der Waals surface area contributed by atoms with Gasteiger partial charge in [0, 0.05) is 4.24 Å². The van der Waals surface area contributed by atoms with E-state index >= 15 is 0 Å². The summed E-state index contributed by atoms with van der Waals surface area (Å²) in [5, 5.41) is 0. The minimum atomic E-state index is 0.773. The minimum absolute atomic E-state index is 0.773. The molecule has 42 valence electrons. The van der Waals surface area contributed by atoms with E-state index < -0.39 is 0 Å². The molecule has 0 amide bonds. The molecule has 1 aliphatic carbocycles. The summed E-state index contributed by atoms with van der Waals surface area (Å²) in [6.45, 7) is 0. The predicted octanol–water partition coefficient (Wildman–Crippen LogP) is 2.18. The van der Waals surface area contributed by atoms with E-state index in [9.17, 15) is 0 Å². The molecule has 0 aromatic rings. The molecular weight excluding hydrogens is 136 g/mol. The van der Waals surface area contributed by atoms with E-state index in [0.29, 0.717) is 0 Å². The quantitative estimate of drug-likeness (QED) is 0.476. The molecule has 0 spiro atoms. The summed E-state index contributed by atoms with van der Waals surface area (Å²) in [5.41, 5.74) is 1.08. The van der Waals surface area contributed by atoms with Crippen molar-refractivity contribution < 1.29 is 0 Å². The van der Waals surface area contributed by atoms with Gasteiger partial charge in [0.2, 0.25) is 0 Å². The van der Waals surface area contributed by atoms with Gasteiger partial charge in [-0.25, -0.2) is 0 Å². The van der Waals surface area contributed by atoms with Crippen molar-refractivity contribution in [2.75, 3.05) is 0 Å². The Morgan fingerprint density at radius 3 is 1.88 bits per heavy atom. The molecule has 0 fully saturated rings. The zero-order valence-corrected chi connectivity index (χ0v) is 5.99. The van der Waals surface area contributed by atoms with Crippen LogP contribution >= 0.6 is 25.3 Å². The van der Waals surface area contributed by atoms with Gasteiger partial charge in [0.1, 0.15) is 0 Å². The molecular formula is C6H6S2. The number of allylic oxidation sites excluding steroid dienone is 5. The molecule has 1 rings (SSSR count). The fourth-order valence-corrected chi connectivity index (χ4v) is 0.821. The van der Waals surface area contributed by atoms with Crippen LogP contribution in [0.25, 0.3) is 0 Å². The average molecular weight is 142 g/mol. The second-order valence-electron chi connectivity index (χ2n) is 1.50. The monoisotopic (exact) mass is 142 g/mol. The molecule has 0 nitrogen and oxygen atoms in total. The predicted molar refractivity (Wildman–Crippen MR) is 43.3 cm³/mol. The molecule has 0 aliphatic heterocycles. The Morgan fingerprint density at radius 2 is 1.62 bits per heavy atom. The van der Waals surface area contributed by atoms with Gasteiger partial charge in [0.15, 0.2) is 0 Å². The van der Waals surface area contributed by atoms with Gasteiger partial charge in [-0.05, 0) is 5.57 Å². The summed E-state index contributed by atoms with van der Waals surface area (Å²) in [5.74, 6) is 0. The van der Waals surface area contributed by atoms with E-state index in [-0.39, 0.29) is 0 Å². The SMILES string of the molecule is SC(S)=C1C=CC=C1. The lowest BCUT2D eigenvalue weighted by Crippen LogP contribution is -1.63. The summed E-state index contributed by atoms with van der Waals surface area (Å²) in [6.07, 6.45) is 7.86. The van der Waals surface area contributed by atoms with Crippen LogP contribution in [0.3, 0.4) is 0 Å². The van der Waals surface area contributed by atoms with Gasteiger partial charge in [-0.2, -0.15) is 0 Å². The third kappa shape index (κ3) is 1.20. The number of hydrogen-bond donors (Lipinski definition) is 2. The number of thiol groups is 2. The van der Waals surface area contributed by atoms with E-state index in [1.54, 1.807) is 0 Å². The maximum absolute atomic E-state index is 4.03. The lowest BCUT2D eigenvalue weighted by Gasteiger charge is -1.87. The number of rotatable bonds is 0. The van der Waals surface area contributed by atoms with Gasteiger partial charge < -0.3 is 0 Å². The van der Waals surface area contributed by atoms with Crippen LogP contribution in [0, 0.1) is 0 Å². The van der Waals surface area contributed by atoms with Crippen LogP contribution in [-0.2, 0) is 0 Å². The first-order valence-electron chi connectivity index (χ1n) is 2.27. The molecule has 2 heteroatoms. The van der Waals surface area contributed by atoms with Crippen LogP contribution in [0.2, 0.25) is 0 Å². The molecule has 1 aliphatic rings. The summed E-state index contributed by atoms with van der Waals surface area (Å²) < 4.78 is 0.773. The van der Waals surface area contributed by atoms with E-state index in [4.69, 9.17) is 0 Å². The highest BCUT2D eigenvalue weighted by molar-refractivity contribution is 8.05. The lowest BCUT2D eigenvalue weighted by atomic mass is 10.3. The third-order valence-corrected chi connectivity index (χ3v) is 1.44. The fraction of sp³-hybridized carbons (Fsp3) is 0. The molecule has 8 heavy (non-hydrogen) atoms. The van der Waals surface area contributed by atoms with Crippen LogP contribution in [0.1, 0.15) is 0 Å². The molecule has 0 aromatic carbocycles. The summed E-state index contributed by atoms with van der Waals surface area (Å²) in [4.78, 5) is 0. The van der Waals surface area contributed by atoms with Crippen molar-refractivity contribution in [3.63, 3.8) is 0 Å². The fourth-order valence-electron chi connectivity index (χ4n) is 0.523. The Morgan fingerprint density at radius 1 is 1.12 bits per heavy atom. The summed E-state index contributed by atoms with van der Waals surface area (Å²) in [6, 6.07) is 0. The zero-order valence-electron chi connectivity index (χ0n) is 4.20. The van der Waals surface area contributed by atoms with E-state index in [2.05, 4.69) is 25.3 Å². The molecule has 0 heterocycles. The molecule has 0 atom stereocenters. The van der Waals surface area contributed by atoms with Gasteiger partial charge in [0.25, 0.3) is 0 Å². The first-order valence-corrected chi connectivity index (χ1v) is 3.17. The van der Waals surface area contributed by atoms with E-state index in [0.717, 1.165) is 9.81 Å². The molecule has 0 unspecified atom stereocenters. The molecule has 0 N–H and O–H groups in total. The Hall–Kier alpha value is -0.0800. The van der Waals surface area contributed by atoms with Crippen molar-refractivity contribution in [2.24, 2.45) is 0 Å². The maximum Gasteiger partial charge on any atom is 0.0412 e. The largest absolute Gasteiger partial charge is 0.136 e. The van der Waals surface area contributed by atoms with Crippen molar-refractivity contribution in [3.8, 4) is 0 Å². The Kier molecular flexibility index (Phi) is 1.86. The smallest absolute Gasteiger partial charge is 0.0412 e. The highest BCUT2D eigenvalue weighted by atomic mass is 32.2. The molecule has 0 saturated heterocycles. The molecule has 0 radical (unpaired) electrons. The zero-order chi connectivity index (χ0) is 5.98. The molecule has 0 aromatic heterocycles. The highest BCUT2D eigenvalue weighted by Crippen LogP contribution is 2.18. The second-order valence-corrected chi connectivity index (χ2v) is 2.74. The normalized spacial score (nSPS) is 15.5. The maximum atomic E-state index is 4.03. The van der Waals surface area contributed by atoms with Gasteiger partial charge >= 0.3 is 0 Å². The van der Waals surface area contributed by atoms with Gasteiger partial charge in [0.05, 0.1) is 0 Å². The highest BCUT2D eigenvalue weighted by Gasteiger charge is 1.92. The van der Waals surface area contributed by atoms with Crippen molar-refractivity contribution in [2.45, 2.75) is 0 Å². The van der Waals surface area contributed by atoms with Crippen LogP contribution in [0.4, 0.5) is 0 Å². The standard InChI is InChI=1S/C6H6S2/c7-6(8)5-3-1-2-4-5/h1-4,7-8H. The summed E-state index contributed by atoms with van der Waals surface area (Å²) >= 11 is 8.07. The van der Waals surface area contributed by atoms with Gasteiger partial charge in [-0.15, -0.1) is 25.3 Å². The third-order valence-electron chi connectivity index (χ3n) is 0.921. The van der Waals surface area contributed by atoms with Gasteiger partial charge in [-0.1, -0.05) is 24.3 Å². The van der Waals surface area contributed by atoms with Crippen LogP contribution in [0.15, 0.2) is 34.1 Å². The first-order chi connectivity index (χ1) is 3.80. The topological polar surface area (TPSA) is 0 Å². The van der Waals surface area contributed by atoms with Crippen LogP contribution in [-0.4, -0.2) is 0 Å². The number of hydrogen-bond acceptors (Lipinski definition) is 2. The molecule has 0 bridgehead atoms. The molecule has 0 saturated carbocycles. The van der Waals surface area contributed by atoms with Crippen LogP contribution in [0.5, 0.6) is 0 Å². The van der Waals surface area contributed by atoms with Crippen molar-refractivity contribution in [3.05, 3.63) is 34.1 Å². The van der Waals surface area contributed by atoms with Crippen molar-refractivity contribution >= 4 is 25.3 Å². The van der Waals surface area contributed by atoms with Gasteiger partial charge in [-0.3, -0.25) is 0 Å². The summed E-state index contributed by atoms with van der Waals surface area (Å²) in [7, 11) is 0.